The number of hydrogen-bond acceptors (Lipinski definition) is 3. The Labute approximate surface area is 63.6 Å². The molecule has 0 spiro atoms. The summed E-state index contributed by atoms with van der Waals surface area (Å²) < 4.78 is 0. The molecule has 2 nitrogen and oxygen atoms in total. The van der Waals surface area contributed by atoms with Crippen LogP contribution in [-0.4, -0.2) is 25.4 Å². The van der Waals surface area contributed by atoms with Gasteiger partial charge in [0.25, 0.3) is 0 Å². The summed E-state index contributed by atoms with van der Waals surface area (Å²) in [7, 11) is 0. The molecule has 0 saturated heterocycles. The van der Waals surface area contributed by atoms with Gasteiger partial charge in [0.05, 0.1) is 0 Å². The minimum atomic E-state index is 0.684. The van der Waals surface area contributed by atoms with Crippen molar-refractivity contribution in [2.75, 3.05) is 25.4 Å². The molecule has 0 fully saturated rings. The first-order chi connectivity index (χ1) is 4.33. The Morgan fingerprint density at radius 2 is 1.67 bits per heavy atom. The number of nitrogens with two attached hydrogens (primary N) is 1. The van der Waals surface area contributed by atoms with E-state index >= 15 is 0 Å². The van der Waals surface area contributed by atoms with Gasteiger partial charge < -0.3 is 11.1 Å². The first-order valence-corrected chi connectivity index (χ1v) is 3.98. The van der Waals surface area contributed by atoms with Gasteiger partial charge in [-0.05, 0) is 13.1 Å². The van der Waals surface area contributed by atoms with E-state index in [2.05, 4.69) is 31.8 Å². The van der Waals surface area contributed by atoms with E-state index in [0.717, 1.165) is 18.8 Å². The van der Waals surface area contributed by atoms with Crippen LogP contribution in [0.4, 0.5) is 0 Å². The highest BCUT2D eigenvalue weighted by molar-refractivity contribution is 7.80. The van der Waals surface area contributed by atoms with Crippen LogP contribution in [0, 0.1) is 0 Å². The second-order valence-corrected chi connectivity index (χ2v) is 1.92. The molecule has 0 amide bonds. The highest BCUT2D eigenvalue weighted by atomic mass is 32.1. The van der Waals surface area contributed by atoms with Crippen LogP contribution < -0.4 is 11.1 Å². The molecular formula is C6H18N2S. The van der Waals surface area contributed by atoms with Crippen LogP contribution in [0.25, 0.3) is 0 Å². The van der Waals surface area contributed by atoms with Crippen molar-refractivity contribution in [1.82, 2.24) is 5.32 Å². The summed E-state index contributed by atoms with van der Waals surface area (Å²) in [6.07, 6.45) is 0. The third kappa shape index (κ3) is 30.4. The molecular weight excluding hydrogens is 132 g/mol. The summed E-state index contributed by atoms with van der Waals surface area (Å²) in [6.45, 7) is 7.07. The fourth-order valence-corrected chi connectivity index (χ4v) is 0.250. The van der Waals surface area contributed by atoms with Gasteiger partial charge >= 0.3 is 0 Å². The van der Waals surface area contributed by atoms with Crippen molar-refractivity contribution in [2.45, 2.75) is 13.8 Å². The predicted octanol–water partition coefficient (Wildman–Crippen LogP) is 0.491. The normalized spacial score (nSPS) is 8.00. The third-order valence-electron chi connectivity index (χ3n) is 0.629. The second kappa shape index (κ2) is 15.7. The molecule has 0 radical (unpaired) electrons. The molecule has 0 aliphatic heterocycles. The smallest absolute Gasteiger partial charge is 0.00255 e. The lowest BCUT2D eigenvalue weighted by atomic mass is 10.7. The maximum Gasteiger partial charge on any atom is 0.00255 e. The van der Waals surface area contributed by atoms with Gasteiger partial charge in [0.1, 0.15) is 0 Å². The van der Waals surface area contributed by atoms with Gasteiger partial charge in [0, 0.05) is 12.3 Å². The number of rotatable bonds is 3. The van der Waals surface area contributed by atoms with Crippen LogP contribution in [0.15, 0.2) is 0 Å². The zero-order valence-electron chi connectivity index (χ0n) is 6.35. The van der Waals surface area contributed by atoms with Crippen LogP contribution in [0.5, 0.6) is 0 Å². The highest BCUT2D eigenvalue weighted by Gasteiger charge is 1.62. The van der Waals surface area contributed by atoms with E-state index in [1.807, 2.05) is 0 Å². The minimum absolute atomic E-state index is 0.684. The molecule has 0 aromatic heterocycles. The fraction of sp³-hybridized carbons (Fsp3) is 1.00. The molecule has 0 bridgehead atoms. The van der Waals surface area contributed by atoms with E-state index in [0.29, 0.717) is 6.54 Å². The Morgan fingerprint density at radius 3 is 1.67 bits per heavy atom. The van der Waals surface area contributed by atoms with Crippen molar-refractivity contribution in [3.63, 3.8) is 0 Å². The summed E-state index contributed by atoms with van der Waals surface area (Å²) in [4.78, 5) is 0. The molecule has 0 aliphatic rings. The van der Waals surface area contributed by atoms with Gasteiger partial charge in [-0.3, -0.25) is 0 Å². The van der Waals surface area contributed by atoms with Gasteiger partial charge in [-0.2, -0.15) is 12.6 Å². The molecule has 0 aromatic rings. The minimum Gasteiger partial charge on any atom is -0.330 e. The highest BCUT2D eigenvalue weighted by Crippen LogP contribution is 1.58. The Morgan fingerprint density at radius 1 is 1.33 bits per heavy atom. The van der Waals surface area contributed by atoms with Gasteiger partial charge in [-0.25, -0.2) is 0 Å². The summed E-state index contributed by atoms with van der Waals surface area (Å²) in [5.74, 6) is 0.792. The van der Waals surface area contributed by atoms with E-state index < -0.39 is 0 Å². The van der Waals surface area contributed by atoms with Crippen LogP contribution in [0.2, 0.25) is 0 Å². The molecule has 0 saturated carbocycles. The topological polar surface area (TPSA) is 38.0 Å². The van der Waals surface area contributed by atoms with Gasteiger partial charge in [-0.1, -0.05) is 13.8 Å². The lowest BCUT2D eigenvalue weighted by Crippen LogP contribution is -2.09. The van der Waals surface area contributed by atoms with Gasteiger partial charge in [0.15, 0.2) is 0 Å². The van der Waals surface area contributed by atoms with Crippen LogP contribution in [0.1, 0.15) is 13.8 Å². The van der Waals surface area contributed by atoms with Crippen LogP contribution >= 0.6 is 12.6 Å². The van der Waals surface area contributed by atoms with E-state index in [4.69, 9.17) is 5.73 Å². The molecule has 3 heteroatoms. The molecule has 58 valence electrons. The van der Waals surface area contributed by atoms with Gasteiger partial charge in [-0.15, -0.1) is 0 Å². The van der Waals surface area contributed by atoms with Crippen LogP contribution in [-0.2, 0) is 0 Å². The Hall–Kier alpha value is 0.270. The SMILES string of the molecule is CCNCC.NCCS. The van der Waals surface area contributed by atoms with E-state index in [1.54, 1.807) is 0 Å². The summed E-state index contributed by atoms with van der Waals surface area (Å²) in [6, 6.07) is 0. The molecule has 0 aliphatic carbocycles. The standard InChI is InChI=1S/C4H11N.C2H7NS/c1-3-5-4-2;3-1-2-4/h5H,3-4H2,1-2H3;4H,1-3H2. The summed E-state index contributed by atoms with van der Waals surface area (Å²) >= 11 is 3.80. The third-order valence-corrected chi connectivity index (χ3v) is 0.887. The Balaban J connectivity index is 0. The number of thiol groups is 1. The quantitative estimate of drug-likeness (QED) is 0.512. The van der Waals surface area contributed by atoms with Crippen molar-refractivity contribution in [2.24, 2.45) is 5.73 Å². The number of hydrogen-bond donors (Lipinski definition) is 3. The monoisotopic (exact) mass is 150 g/mol. The van der Waals surface area contributed by atoms with Crippen molar-refractivity contribution in [3.05, 3.63) is 0 Å². The first-order valence-electron chi connectivity index (χ1n) is 3.35. The first kappa shape index (κ1) is 12.0. The summed E-state index contributed by atoms with van der Waals surface area (Å²) in [5.41, 5.74) is 4.95. The molecule has 0 rings (SSSR count). The predicted molar refractivity (Wildman–Crippen MR) is 47.1 cm³/mol. The maximum absolute atomic E-state index is 4.95. The molecule has 0 aromatic carbocycles. The maximum atomic E-state index is 4.95. The second-order valence-electron chi connectivity index (χ2n) is 1.47. The lowest BCUT2D eigenvalue weighted by molar-refractivity contribution is 0.762. The summed E-state index contributed by atoms with van der Waals surface area (Å²) in [5, 5.41) is 3.11. The Bertz CT molecular complexity index is 30.2. The lowest BCUT2D eigenvalue weighted by Gasteiger charge is -1.86. The van der Waals surface area contributed by atoms with Crippen molar-refractivity contribution in [3.8, 4) is 0 Å². The molecule has 0 heterocycles. The largest absolute Gasteiger partial charge is 0.330 e. The molecule has 3 N–H and O–H groups in total. The Kier molecular flexibility index (Phi) is 21.0. The van der Waals surface area contributed by atoms with Crippen molar-refractivity contribution >= 4 is 12.6 Å². The zero-order valence-corrected chi connectivity index (χ0v) is 7.25. The van der Waals surface area contributed by atoms with Gasteiger partial charge in [0.2, 0.25) is 0 Å². The molecule has 9 heavy (non-hydrogen) atoms. The van der Waals surface area contributed by atoms with E-state index in [-0.39, 0.29) is 0 Å². The van der Waals surface area contributed by atoms with E-state index in [1.165, 1.54) is 0 Å². The average Bonchev–Trinajstić information content (AvgIpc) is 1.91. The van der Waals surface area contributed by atoms with E-state index in [9.17, 15) is 0 Å². The van der Waals surface area contributed by atoms with Crippen molar-refractivity contribution < 1.29 is 0 Å². The molecule has 0 unspecified atom stereocenters. The van der Waals surface area contributed by atoms with Crippen molar-refractivity contribution in [1.29, 1.82) is 0 Å². The zero-order chi connectivity index (χ0) is 7.54. The molecule has 0 atom stereocenters. The van der Waals surface area contributed by atoms with Crippen LogP contribution in [0.3, 0.4) is 0 Å². The number of nitrogens with one attached hydrogen (secondary N) is 1. The average molecular weight is 150 g/mol. The fourth-order valence-electron chi connectivity index (χ4n) is 0.250.